The van der Waals surface area contributed by atoms with Gasteiger partial charge in [0.25, 0.3) is 0 Å². The van der Waals surface area contributed by atoms with Crippen LogP contribution in [0.2, 0.25) is 0 Å². The number of aryl methyl sites for hydroxylation is 1. The minimum Gasteiger partial charge on any atom is -0.494 e. The zero-order valence-electron chi connectivity index (χ0n) is 11.4. The van der Waals surface area contributed by atoms with Gasteiger partial charge in [-0.1, -0.05) is 25.7 Å². The average Bonchev–Trinajstić information content (AvgIpc) is 2.33. The summed E-state index contributed by atoms with van der Waals surface area (Å²) in [6.45, 7) is 7.28. The Hall–Kier alpha value is -1.13. The molecule has 0 spiro atoms. The molecule has 0 aliphatic carbocycles. The maximum absolute atomic E-state index is 5.72. The number of alkyl halides is 1. The maximum atomic E-state index is 5.72. The highest BCUT2D eigenvalue weighted by Gasteiger charge is 1.99. The molecule has 0 radical (unpaired) electrons. The first kappa shape index (κ1) is 14.9. The molecule has 0 amide bonds. The molecule has 0 saturated carbocycles. The summed E-state index contributed by atoms with van der Waals surface area (Å²) in [5.74, 6) is 7.93. The summed E-state index contributed by atoms with van der Waals surface area (Å²) >= 11 is 5.55. The van der Waals surface area contributed by atoms with Crippen molar-refractivity contribution in [2.75, 3.05) is 12.5 Å². The molecular formula is C16H21ClO. The van der Waals surface area contributed by atoms with E-state index in [1.165, 1.54) is 6.42 Å². The lowest BCUT2D eigenvalue weighted by atomic mass is 10.1. The van der Waals surface area contributed by atoms with Crippen molar-refractivity contribution in [3.63, 3.8) is 0 Å². The van der Waals surface area contributed by atoms with Crippen LogP contribution >= 0.6 is 11.6 Å². The van der Waals surface area contributed by atoms with Crippen LogP contribution in [0.25, 0.3) is 0 Å². The number of benzene rings is 1. The average molecular weight is 265 g/mol. The minimum atomic E-state index is 0.368. The Labute approximate surface area is 115 Å². The predicted molar refractivity (Wildman–Crippen MR) is 78.3 cm³/mol. The van der Waals surface area contributed by atoms with Crippen molar-refractivity contribution < 1.29 is 4.74 Å². The van der Waals surface area contributed by atoms with Crippen LogP contribution in [0, 0.1) is 24.7 Å². The fraction of sp³-hybridized carbons (Fsp3) is 0.500. The molecule has 0 aliphatic rings. The minimum absolute atomic E-state index is 0.368. The third-order valence-corrected chi connectivity index (χ3v) is 2.82. The molecule has 1 rings (SSSR count). The first-order valence-electron chi connectivity index (χ1n) is 6.41. The van der Waals surface area contributed by atoms with Gasteiger partial charge in [-0.2, -0.15) is 0 Å². The fourth-order valence-electron chi connectivity index (χ4n) is 1.68. The van der Waals surface area contributed by atoms with Crippen LogP contribution in [-0.2, 0) is 0 Å². The van der Waals surface area contributed by atoms with E-state index in [1.54, 1.807) is 0 Å². The molecule has 18 heavy (non-hydrogen) atoms. The van der Waals surface area contributed by atoms with Crippen molar-refractivity contribution in [2.45, 2.75) is 33.6 Å². The van der Waals surface area contributed by atoms with Crippen molar-refractivity contribution in [3.05, 3.63) is 29.3 Å². The highest BCUT2D eigenvalue weighted by Crippen LogP contribution is 2.17. The number of hydrogen-bond donors (Lipinski definition) is 0. The maximum Gasteiger partial charge on any atom is 0.119 e. The van der Waals surface area contributed by atoms with Crippen LogP contribution in [0.3, 0.4) is 0 Å². The Morgan fingerprint density at radius 2 is 2.11 bits per heavy atom. The summed E-state index contributed by atoms with van der Waals surface area (Å²) in [6.07, 6.45) is 2.31. The van der Waals surface area contributed by atoms with Crippen molar-refractivity contribution in [1.29, 1.82) is 0 Å². The second-order valence-electron chi connectivity index (χ2n) is 4.80. The van der Waals surface area contributed by atoms with E-state index in [2.05, 4.69) is 25.7 Å². The molecule has 2 heteroatoms. The third kappa shape index (κ3) is 5.47. The number of rotatable bonds is 5. The largest absolute Gasteiger partial charge is 0.494 e. The summed E-state index contributed by atoms with van der Waals surface area (Å²) in [5, 5.41) is 0. The van der Waals surface area contributed by atoms with Gasteiger partial charge in [-0.05, 0) is 49.4 Å². The standard InChI is InChI=1S/C16H21ClO/c1-13(2)6-5-11-18-16-9-8-15(7-4-10-17)14(3)12-16/h8-9,12-13H,5-6,10-11H2,1-3H3. The summed E-state index contributed by atoms with van der Waals surface area (Å²) in [6, 6.07) is 6.00. The quantitative estimate of drug-likeness (QED) is 0.435. The molecule has 0 bridgehead atoms. The van der Waals surface area contributed by atoms with Gasteiger partial charge < -0.3 is 4.74 Å². The van der Waals surface area contributed by atoms with Crippen molar-refractivity contribution in [1.82, 2.24) is 0 Å². The first-order valence-corrected chi connectivity index (χ1v) is 6.95. The second-order valence-corrected chi connectivity index (χ2v) is 5.06. The summed E-state index contributed by atoms with van der Waals surface area (Å²) in [5.41, 5.74) is 2.15. The Morgan fingerprint density at radius 1 is 1.33 bits per heavy atom. The number of ether oxygens (including phenoxy) is 1. The molecule has 1 aromatic rings. The fourth-order valence-corrected chi connectivity index (χ4v) is 1.74. The van der Waals surface area contributed by atoms with Gasteiger partial charge in [0.05, 0.1) is 12.5 Å². The zero-order valence-corrected chi connectivity index (χ0v) is 12.2. The van der Waals surface area contributed by atoms with Crippen LogP contribution in [0.15, 0.2) is 18.2 Å². The molecule has 0 fully saturated rings. The third-order valence-electron chi connectivity index (χ3n) is 2.68. The smallest absolute Gasteiger partial charge is 0.119 e. The molecule has 0 aromatic heterocycles. The molecule has 1 aromatic carbocycles. The van der Waals surface area contributed by atoms with Crippen molar-refractivity contribution in [2.24, 2.45) is 5.92 Å². The van der Waals surface area contributed by atoms with Crippen LogP contribution in [0.4, 0.5) is 0 Å². The lowest BCUT2D eigenvalue weighted by Gasteiger charge is -2.09. The Balaban J connectivity index is 2.51. The zero-order chi connectivity index (χ0) is 13.4. The van der Waals surface area contributed by atoms with E-state index in [1.807, 2.05) is 25.1 Å². The van der Waals surface area contributed by atoms with E-state index < -0.39 is 0 Å². The van der Waals surface area contributed by atoms with E-state index in [9.17, 15) is 0 Å². The Bertz CT molecular complexity index is 426. The summed E-state index contributed by atoms with van der Waals surface area (Å²) < 4.78 is 5.72. The molecular weight excluding hydrogens is 244 g/mol. The van der Waals surface area contributed by atoms with Crippen LogP contribution in [0.5, 0.6) is 5.75 Å². The lowest BCUT2D eigenvalue weighted by Crippen LogP contribution is -2.00. The van der Waals surface area contributed by atoms with Gasteiger partial charge in [0.2, 0.25) is 0 Å². The summed E-state index contributed by atoms with van der Waals surface area (Å²) in [4.78, 5) is 0. The van der Waals surface area contributed by atoms with Crippen molar-refractivity contribution in [3.8, 4) is 17.6 Å². The monoisotopic (exact) mass is 264 g/mol. The highest BCUT2D eigenvalue weighted by atomic mass is 35.5. The first-order chi connectivity index (χ1) is 8.63. The van der Waals surface area contributed by atoms with Gasteiger partial charge >= 0.3 is 0 Å². The molecule has 0 saturated heterocycles. The highest BCUT2D eigenvalue weighted by molar-refractivity contribution is 6.19. The van der Waals surface area contributed by atoms with Crippen molar-refractivity contribution >= 4 is 11.6 Å². The molecule has 0 heterocycles. The molecule has 0 N–H and O–H groups in total. The van der Waals surface area contributed by atoms with E-state index in [-0.39, 0.29) is 0 Å². The predicted octanol–water partition coefficient (Wildman–Crippen LogP) is 4.40. The normalized spacial score (nSPS) is 10.1. The Morgan fingerprint density at radius 3 is 2.72 bits per heavy atom. The topological polar surface area (TPSA) is 9.23 Å². The SMILES string of the molecule is Cc1cc(OCCCC(C)C)ccc1C#CCCl. The van der Waals surface area contributed by atoms with Crippen LogP contribution in [-0.4, -0.2) is 12.5 Å². The lowest BCUT2D eigenvalue weighted by molar-refractivity contribution is 0.297. The van der Waals surface area contributed by atoms with E-state index in [0.717, 1.165) is 35.8 Å². The van der Waals surface area contributed by atoms with Gasteiger partial charge in [-0.25, -0.2) is 0 Å². The number of hydrogen-bond acceptors (Lipinski definition) is 1. The Kier molecular flexibility index (Phi) is 6.68. The summed E-state index contributed by atoms with van der Waals surface area (Å²) in [7, 11) is 0. The van der Waals surface area contributed by atoms with Crippen LogP contribution in [0.1, 0.15) is 37.8 Å². The molecule has 0 unspecified atom stereocenters. The van der Waals surface area contributed by atoms with Gasteiger partial charge in [0.15, 0.2) is 0 Å². The van der Waals surface area contributed by atoms with Gasteiger partial charge in [-0.3, -0.25) is 0 Å². The van der Waals surface area contributed by atoms with Gasteiger partial charge in [0, 0.05) is 5.56 Å². The molecule has 0 aliphatic heterocycles. The molecule has 98 valence electrons. The molecule has 0 atom stereocenters. The number of halogens is 1. The molecule has 1 nitrogen and oxygen atoms in total. The second kappa shape index (κ2) is 8.06. The van der Waals surface area contributed by atoms with Crippen LogP contribution < -0.4 is 4.74 Å². The van der Waals surface area contributed by atoms with E-state index >= 15 is 0 Å². The van der Waals surface area contributed by atoms with E-state index in [0.29, 0.717) is 5.88 Å². The van der Waals surface area contributed by atoms with E-state index in [4.69, 9.17) is 16.3 Å². The van der Waals surface area contributed by atoms with Gasteiger partial charge in [0.1, 0.15) is 5.75 Å². The van der Waals surface area contributed by atoms with Gasteiger partial charge in [-0.15, -0.1) is 11.6 Å².